The lowest BCUT2D eigenvalue weighted by Gasteiger charge is -2.27. The Kier molecular flexibility index (Phi) is 5.24. The standard InChI is InChI=1S/C14H16ClIN2O/c15-11-3-1-10(2-4-11)9-13(17)14(19)18-7-5-12(16)6-8-18/h1-5,13H,6-9,17H2. The molecule has 0 spiro atoms. The van der Waals surface area contributed by atoms with Gasteiger partial charge in [-0.15, -0.1) is 0 Å². The Morgan fingerprint density at radius 3 is 2.68 bits per heavy atom. The van der Waals surface area contributed by atoms with E-state index >= 15 is 0 Å². The largest absolute Gasteiger partial charge is 0.337 e. The third kappa shape index (κ3) is 4.19. The Morgan fingerprint density at radius 1 is 1.42 bits per heavy atom. The van der Waals surface area contributed by atoms with Crippen LogP contribution in [0.15, 0.2) is 33.9 Å². The molecular formula is C14H16ClIN2O. The van der Waals surface area contributed by atoms with Crippen molar-refractivity contribution in [2.45, 2.75) is 18.9 Å². The lowest BCUT2D eigenvalue weighted by atomic mass is 10.1. The van der Waals surface area contributed by atoms with E-state index < -0.39 is 6.04 Å². The molecule has 0 aliphatic carbocycles. The number of carbonyl (C=O) groups is 1. The number of hydrogen-bond acceptors (Lipinski definition) is 2. The highest BCUT2D eigenvalue weighted by Gasteiger charge is 2.22. The highest BCUT2D eigenvalue weighted by Crippen LogP contribution is 2.18. The minimum absolute atomic E-state index is 0.0232. The average Bonchev–Trinajstić information content (AvgIpc) is 2.41. The molecule has 3 nitrogen and oxygen atoms in total. The summed E-state index contributed by atoms with van der Waals surface area (Å²) >= 11 is 8.14. The van der Waals surface area contributed by atoms with Gasteiger partial charge < -0.3 is 10.6 Å². The van der Waals surface area contributed by atoms with Crippen LogP contribution in [0.3, 0.4) is 0 Å². The molecule has 2 rings (SSSR count). The normalized spacial score (nSPS) is 17.0. The van der Waals surface area contributed by atoms with Crippen molar-refractivity contribution in [2.75, 3.05) is 13.1 Å². The quantitative estimate of drug-likeness (QED) is 0.807. The molecule has 1 aliphatic heterocycles. The molecule has 102 valence electrons. The van der Waals surface area contributed by atoms with Gasteiger partial charge in [-0.05, 0) is 56.7 Å². The Morgan fingerprint density at radius 2 is 2.11 bits per heavy atom. The second-order valence-corrected chi connectivity index (χ2v) is 6.44. The topological polar surface area (TPSA) is 46.3 Å². The van der Waals surface area contributed by atoms with Crippen molar-refractivity contribution in [2.24, 2.45) is 5.73 Å². The molecule has 0 fully saturated rings. The molecule has 5 heteroatoms. The van der Waals surface area contributed by atoms with Gasteiger partial charge in [-0.1, -0.05) is 29.8 Å². The van der Waals surface area contributed by atoms with Gasteiger partial charge in [0.05, 0.1) is 6.04 Å². The maximum absolute atomic E-state index is 12.2. The second-order valence-electron chi connectivity index (χ2n) is 4.62. The maximum Gasteiger partial charge on any atom is 0.240 e. The van der Waals surface area contributed by atoms with E-state index in [1.165, 1.54) is 3.58 Å². The number of nitrogens with zero attached hydrogens (tertiary/aromatic N) is 1. The fraction of sp³-hybridized carbons (Fsp3) is 0.357. The number of nitrogens with two attached hydrogens (primary N) is 1. The monoisotopic (exact) mass is 390 g/mol. The average molecular weight is 391 g/mol. The molecule has 1 aliphatic rings. The van der Waals surface area contributed by atoms with Gasteiger partial charge in [-0.2, -0.15) is 0 Å². The van der Waals surface area contributed by atoms with Gasteiger partial charge in [0.15, 0.2) is 0 Å². The lowest BCUT2D eigenvalue weighted by molar-refractivity contribution is -0.132. The van der Waals surface area contributed by atoms with Crippen molar-refractivity contribution in [3.05, 3.63) is 44.5 Å². The van der Waals surface area contributed by atoms with Crippen LogP contribution in [0.5, 0.6) is 0 Å². The molecule has 0 radical (unpaired) electrons. The van der Waals surface area contributed by atoms with Gasteiger partial charge in [0.1, 0.15) is 0 Å². The number of carbonyl (C=O) groups excluding carboxylic acids is 1. The minimum Gasteiger partial charge on any atom is -0.337 e. The molecule has 2 N–H and O–H groups in total. The maximum atomic E-state index is 12.2. The first-order valence-electron chi connectivity index (χ1n) is 6.19. The van der Waals surface area contributed by atoms with Gasteiger partial charge in [0.2, 0.25) is 5.91 Å². The van der Waals surface area contributed by atoms with E-state index in [-0.39, 0.29) is 5.91 Å². The van der Waals surface area contributed by atoms with Crippen LogP contribution in [0.25, 0.3) is 0 Å². The van der Waals surface area contributed by atoms with Gasteiger partial charge >= 0.3 is 0 Å². The molecule has 0 bridgehead atoms. The van der Waals surface area contributed by atoms with Crippen LogP contribution in [0.4, 0.5) is 0 Å². The summed E-state index contributed by atoms with van der Waals surface area (Å²) < 4.78 is 1.31. The van der Waals surface area contributed by atoms with Crippen molar-refractivity contribution in [3.8, 4) is 0 Å². The Hall–Kier alpha value is -0.590. The molecular weight excluding hydrogens is 375 g/mol. The zero-order valence-corrected chi connectivity index (χ0v) is 13.4. The van der Waals surface area contributed by atoms with Crippen LogP contribution in [0.1, 0.15) is 12.0 Å². The van der Waals surface area contributed by atoms with Crippen LogP contribution in [0, 0.1) is 0 Å². The number of halogens is 2. The first-order valence-corrected chi connectivity index (χ1v) is 7.65. The van der Waals surface area contributed by atoms with Crippen molar-refractivity contribution < 1.29 is 4.79 Å². The third-order valence-corrected chi connectivity index (χ3v) is 4.38. The van der Waals surface area contributed by atoms with E-state index in [1.807, 2.05) is 29.2 Å². The number of hydrogen-bond donors (Lipinski definition) is 1. The van der Waals surface area contributed by atoms with Crippen LogP contribution in [0.2, 0.25) is 5.02 Å². The lowest BCUT2D eigenvalue weighted by Crippen LogP contribution is -2.46. The molecule has 0 aromatic heterocycles. The van der Waals surface area contributed by atoms with Crippen LogP contribution in [-0.2, 0) is 11.2 Å². The molecule has 0 saturated heterocycles. The van der Waals surface area contributed by atoms with Crippen molar-refractivity contribution in [1.82, 2.24) is 4.90 Å². The summed E-state index contributed by atoms with van der Waals surface area (Å²) in [6.45, 7) is 1.44. The summed E-state index contributed by atoms with van der Waals surface area (Å²) in [6, 6.07) is 6.98. The molecule has 0 saturated carbocycles. The summed E-state index contributed by atoms with van der Waals surface area (Å²) in [5.74, 6) is 0.0232. The summed E-state index contributed by atoms with van der Waals surface area (Å²) in [5, 5.41) is 0.694. The highest BCUT2D eigenvalue weighted by atomic mass is 127. The molecule has 1 aromatic rings. The van der Waals surface area contributed by atoms with Gasteiger partial charge in [0.25, 0.3) is 0 Å². The van der Waals surface area contributed by atoms with Gasteiger partial charge in [-0.3, -0.25) is 4.79 Å². The van der Waals surface area contributed by atoms with Crippen LogP contribution in [-0.4, -0.2) is 29.9 Å². The number of rotatable bonds is 3. The van der Waals surface area contributed by atoms with E-state index in [1.54, 1.807) is 0 Å². The Balaban J connectivity index is 1.94. The van der Waals surface area contributed by atoms with E-state index in [2.05, 4.69) is 28.7 Å². The van der Waals surface area contributed by atoms with Crippen molar-refractivity contribution >= 4 is 40.1 Å². The SMILES string of the molecule is NC(Cc1ccc(Cl)cc1)C(=O)N1CC=C(I)CC1. The smallest absolute Gasteiger partial charge is 0.240 e. The molecule has 1 heterocycles. The van der Waals surface area contributed by atoms with E-state index in [0.29, 0.717) is 18.0 Å². The summed E-state index contributed by atoms with van der Waals surface area (Å²) in [6.07, 6.45) is 3.56. The summed E-state index contributed by atoms with van der Waals surface area (Å²) in [5.41, 5.74) is 7.04. The Labute approximate surface area is 131 Å². The number of amides is 1. The first-order chi connectivity index (χ1) is 9.06. The summed E-state index contributed by atoms with van der Waals surface area (Å²) in [7, 11) is 0. The molecule has 1 unspecified atom stereocenters. The predicted molar refractivity (Wildman–Crippen MR) is 86.4 cm³/mol. The zero-order valence-electron chi connectivity index (χ0n) is 10.5. The summed E-state index contributed by atoms with van der Waals surface area (Å²) in [4.78, 5) is 14.0. The third-order valence-electron chi connectivity index (χ3n) is 3.15. The minimum atomic E-state index is -0.481. The molecule has 1 amide bonds. The van der Waals surface area contributed by atoms with Gasteiger partial charge in [0, 0.05) is 18.1 Å². The molecule has 1 aromatic carbocycles. The second kappa shape index (κ2) is 6.72. The van der Waals surface area contributed by atoms with Gasteiger partial charge in [-0.25, -0.2) is 0 Å². The first kappa shape index (κ1) is 14.8. The number of benzene rings is 1. The highest BCUT2D eigenvalue weighted by molar-refractivity contribution is 14.1. The zero-order chi connectivity index (χ0) is 13.8. The van der Waals surface area contributed by atoms with Crippen LogP contribution >= 0.6 is 34.2 Å². The molecule has 19 heavy (non-hydrogen) atoms. The van der Waals surface area contributed by atoms with Crippen LogP contribution < -0.4 is 5.73 Å². The van der Waals surface area contributed by atoms with E-state index in [0.717, 1.165) is 18.5 Å². The van der Waals surface area contributed by atoms with E-state index in [4.69, 9.17) is 17.3 Å². The Bertz CT molecular complexity index is 487. The van der Waals surface area contributed by atoms with Crippen molar-refractivity contribution in [3.63, 3.8) is 0 Å². The van der Waals surface area contributed by atoms with E-state index in [9.17, 15) is 4.79 Å². The fourth-order valence-electron chi connectivity index (χ4n) is 2.04. The molecule has 1 atom stereocenters. The van der Waals surface area contributed by atoms with Crippen molar-refractivity contribution in [1.29, 1.82) is 0 Å². The fourth-order valence-corrected chi connectivity index (χ4v) is 2.60. The predicted octanol–water partition coefficient (Wildman–Crippen LogP) is 2.76.